The number of carbonyl (C=O) groups is 1. The van der Waals surface area contributed by atoms with Crippen LogP contribution in [0.3, 0.4) is 0 Å². The third-order valence-electron chi connectivity index (χ3n) is 6.30. The van der Waals surface area contributed by atoms with Gasteiger partial charge in [0.15, 0.2) is 5.11 Å². The first-order chi connectivity index (χ1) is 16.5. The zero-order valence-electron chi connectivity index (χ0n) is 18.8. The summed E-state index contributed by atoms with van der Waals surface area (Å²) in [6.45, 7) is 4.03. The predicted molar refractivity (Wildman–Crippen MR) is 137 cm³/mol. The highest BCUT2D eigenvalue weighted by Crippen LogP contribution is 2.43. The molecule has 1 fully saturated rings. The minimum atomic E-state index is -0.953. The normalized spacial score (nSPS) is 17.6. The van der Waals surface area contributed by atoms with Crippen LogP contribution in [-0.2, 0) is 0 Å². The Hall–Kier alpha value is -3.97. The number of benzene rings is 2. The maximum atomic E-state index is 11.9. The van der Waals surface area contributed by atoms with E-state index in [2.05, 4.69) is 21.3 Å². The number of pyridine rings is 1. The highest BCUT2D eigenvalue weighted by molar-refractivity contribution is 7.80. The summed E-state index contributed by atoms with van der Waals surface area (Å²) in [5, 5.41) is 13.9. The number of aromatic carboxylic acids is 1. The van der Waals surface area contributed by atoms with E-state index in [0.717, 1.165) is 28.3 Å². The lowest BCUT2D eigenvalue weighted by atomic mass is 9.96. The molecule has 0 bridgehead atoms. The van der Waals surface area contributed by atoms with Gasteiger partial charge in [0.1, 0.15) is 0 Å². The topological polar surface area (TPSA) is 70.4 Å². The van der Waals surface area contributed by atoms with Gasteiger partial charge in [-0.25, -0.2) is 4.79 Å². The van der Waals surface area contributed by atoms with Crippen LogP contribution < -0.4 is 10.2 Å². The van der Waals surface area contributed by atoms with Crippen molar-refractivity contribution >= 4 is 29.0 Å². The van der Waals surface area contributed by atoms with Crippen molar-refractivity contribution in [1.82, 2.24) is 14.9 Å². The van der Waals surface area contributed by atoms with Crippen LogP contribution in [0.4, 0.5) is 5.69 Å². The molecule has 0 amide bonds. The minimum absolute atomic E-state index is 0.165. The van der Waals surface area contributed by atoms with E-state index in [9.17, 15) is 9.90 Å². The number of carboxylic acids is 1. The van der Waals surface area contributed by atoms with Gasteiger partial charge in [0.25, 0.3) is 0 Å². The number of carboxylic acid groups (broad SMARTS) is 1. The fourth-order valence-electron chi connectivity index (χ4n) is 4.84. The molecule has 0 spiro atoms. The average Bonchev–Trinajstić information content (AvgIpc) is 3.35. The first-order valence-corrected chi connectivity index (χ1v) is 11.5. The summed E-state index contributed by atoms with van der Waals surface area (Å²) in [5.74, 6) is -0.953. The van der Waals surface area contributed by atoms with E-state index in [1.807, 2.05) is 79.1 Å². The number of nitrogens with one attached hydrogen (secondary N) is 1. The Kier molecular flexibility index (Phi) is 5.63. The largest absolute Gasteiger partial charge is 0.478 e. The monoisotopic (exact) mass is 468 g/mol. The van der Waals surface area contributed by atoms with Gasteiger partial charge in [-0.15, -0.1) is 0 Å². The minimum Gasteiger partial charge on any atom is -0.478 e. The van der Waals surface area contributed by atoms with Crippen molar-refractivity contribution in [3.05, 3.63) is 113 Å². The Balaban J connectivity index is 1.70. The lowest BCUT2D eigenvalue weighted by Gasteiger charge is -2.28. The zero-order valence-corrected chi connectivity index (χ0v) is 19.7. The zero-order chi connectivity index (χ0) is 23.8. The number of para-hydroxylation sites is 2. The Morgan fingerprint density at radius 2 is 1.71 bits per heavy atom. The van der Waals surface area contributed by atoms with Crippen LogP contribution >= 0.6 is 12.2 Å². The van der Waals surface area contributed by atoms with E-state index >= 15 is 0 Å². The number of anilines is 1. The fourth-order valence-corrected chi connectivity index (χ4v) is 5.19. The number of rotatable bonds is 5. The SMILES string of the molecule is Cc1cc([C@H]2[C@@H](c3ccccn3)NC(=S)N2c2ccccc2)c(C)n1-c1ccccc1C(=O)O. The molecule has 3 heterocycles. The molecule has 2 N–H and O–H groups in total. The van der Waals surface area contributed by atoms with Gasteiger partial charge >= 0.3 is 5.97 Å². The Bertz CT molecular complexity index is 1370. The van der Waals surface area contributed by atoms with E-state index in [1.165, 1.54) is 0 Å². The van der Waals surface area contributed by atoms with E-state index in [4.69, 9.17) is 12.2 Å². The molecule has 34 heavy (non-hydrogen) atoms. The molecule has 0 unspecified atom stereocenters. The molecule has 1 saturated heterocycles. The molecular formula is C27H24N4O2S. The number of aryl methyl sites for hydroxylation is 1. The molecule has 4 aromatic rings. The van der Waals surface area contributed by atoms with Crippen LogP contribution in [0.25, 0.3) is 5.69 Å². The number of hydrogen-bond acceptors (Lipinski definition) is 3. The van der Waals surface area contributed by atoms with Gasteiger partial charge in [0.2, 0.25) is 0 Å². The van der Waals surface area contributed by atoms with Gasteiger partial charge in [0.05, 0.1) is 29.0 Å². The van der Waals surface area contributed by atoms with Crippen molar-refractivity contribution in [2.24, 2.45) is 0 Å². The van der Waals surface area contributed by atoms with Crippen molar-refractivity contribution < 1.29 is 9.90 Å². The highest BCUT2D eigenvalue weighted by Gasteiger charge is 2.42. The van der Waals surface area contributed by atoms with Crippen molar-refractivity contribution in [1.29, 1.82) is 0 Å². The van der Waals surface area contributed by atoms with Gasteiger partial charge in [-0.2, -0.15) is 0 Å². The first kappa shape index (κ1) is 21.9. The fraction of sp³-hybridized carbons (Fsp3) is 0.148. The molecule has 0 radical (unpaired) electrons. The molecule has 7 heteroatoms. The lowest BCUT2D eigenvalue weighted by Crippen LogP contribution is -2.29. The summed E-state index contributed by atoms with van der Waals surface area (Å²) in [4.78, 5) is 18.7. The van der Waals surface area contributed by atoms with E-state index in [1.54, 1.807) is 18.3 Å². The summed E-state index contributed by atoms with van der Waals surface area (Å²) in [6, 6.07) is 24.8. The molecule has 2 aromatic heterocycles. The summed E-state index contributed by atoms with van der Waals surface area (Å²) in [6.07, 6.45) is 1.79. The van der Waals surface area contributed by atoms with Crippen LogP contribution in [0, 0.1) is 13.8 Å². The number of hydrogen-bond donors (Lipinski definition) is 2. The highest BCUT2D eigenvalue weighted by atomic mass is 32.1. The summed E-state index contributed by atoms with van der Waals surface area (Å²) < 4.78 is 2.01. The smallest absolute Gasteiger partial charge is 0.337 e. The molecular weight excluding hydrogens is 444 g/mol. The van der Waals surface area contributed by atoms with Crippen molar-refractivity contribution in [3.8, 4) is 5.69 Å². The van der Waals surface area contributed by atoms with E-state index in [0.29, 0.717) is 10.8 Å². The third kappa shape index (κ3) is 3.64. The second kappa shape index (κ2) is 8.76. The Morgan fingerprint density at radius 1 is 1.00 bits per heavy atom. The van der Waals surface area contributed by atoms with Gasteiger partial charge in [-0.1, -0.05) is 36.4 Å². The molecule has 2 aromatic carbocycles. The number of aromatic nitrogens is 2. The van der Waals surface area contributed by atoms with Crippen LogP contribution in [-0.4, -0.2) is 25.7 Å². The van der Waals surface area contributed by atoms with Crippen LogP contribution in [0.1, 0.15) is 45.1 Å². The average molecular weight is 469 g/mol. The quantitative estimate of drug-likeness (QED) is 0.384. The molecule has 1 aliphatic rings. The van der Waals surface area contributed by atoms with E-state index in [-0.39, 0.29) is 17.6 Å². The van der Waals surface area contributed by atoms with E-state index < -0.39 is 5.97 Å². The molecule has 5 rings (SSSR count). The van der Waals surface area contributed by atoms with Gasteiger partial charge in [0, 0.05) is 23.3 Å². The second-order valence-corrected chi connectivity index (χ2v) is 8.70. The van der Waals surface area contributed by atoms with Gasteiger partial charge < -0.3 is 19.9 Å². The summed E-state index contributed by atoms with van der Waals surface area (Å²) in [5.41, 5.74) is 5.76. The van der Waals surface area contributed by atoms with Crippen LogP contribution in [0.15, 0.2) is 85.1 Å². The molecule has 2 atom stereocenters. The molecule has 0 aliphatic carbocycles. The first-order valence-electron chi connectivity index (χ1n) is 11.0. The van der Waals surface area contributed by atoms with Crippen molar-refractivity contribution in [2.45, 2.75) is 25.9 Å². The summed E-state index contributed by atoms with van der Waals surface area (Å²) >= 11 is 5.81. The third-order valence-corrected chi connectivity index (χ3v) is 6.61. The second-order valence-electron chi connectivity index (χ2n) is 8.32. The van der Waals surface area contributed by atoms with Crippen LogP contribution in [0.5, 0.6) is 0 Å². The van der Waals surface area contributed by atoms with Gasteiger partial charge in [-0.05, 0) is 74.1 Å². The Labute approximate surface area is 203 Å². The van der Waals surface area contributed by atoms with Crippen molar-refractivity contribution in [2.75, 3.05) is 4.90 Å². The lowest BCUT2D eigenvalue weighted by molar-refractivity contribution is 0.0697. The van der Waals surface area contributed by atoms with Crippen LogP contribution in [0.2, 0.25) is 0 Å². The predicted octanol–water partition coefficient (Wildman–Crippen LogP) is 5.36. The van der Waals surface area contributed by atoms with Crippen molar-refractivity contribution in [3.63, 3.8) is 0 Å². The summed E-state index contributed by atoms with van der Waals surface area (Å²) in [7, 11) is 0. The molecule has 170 valence electrons. The van der Waals surface area contributed by atoms with Gasteiger partial charge in [-0.3, -0.25) is 4.98 Å². The molecule has 1 aliphatic heterocycles. The number of nitrogens with zero attached hydrogens (tertiary/aromatic N) is 3. The standard InChI is InChI=1S/C27H24N4O2S/c1-17-16-21(18(2)30(17)23-14-7-6-12-20(23)26(32)33)25-24(22-13-8-9-15-28-22)29-27(34)31(25)19-10-4-3-5-11-19/h3-16,24-25H,1-2H3,(H,29,34)(H,32,33)/t24-,25+/m1/s1. The maximum Gasteiger partial charge on any atom is 0.337 e. The Morgan fingerprint density at radius 3 is 2.41 bits per heavy atom. The maximum absolute atomic E-state index is 11.9. The molecule has 0 saturated carbocycles. The molecule has 6 nitrogen and oxygen atoms in total. The number of thiocarbonyl (C=S) groups is 1.